The zero-order valence-electron chi connectivity index (χ0n) is 12.6. The molecule has 4 heteroatoms. The molecule has 1 fully saturated rings. The Morgan fingerprint density at radius 2 is 1.86 bits per heavy atom. The molecule has 0 spiro atoms. The predicted octanol–water partition coefficient (Wildman–Crippen LogP) is 2.95. The summed E-state index contributed by atoms with van der Waals surface area (Å²) in [4.78, 5) is 9.43. The van der Waals surface area contributed by atoms with E-state index in [9.17, 15) is 0 Å². The molecule has 1 aliphatic rings. The smallest absolute Gasteiger partial charge is 0.113 e. The van der Waals surface area contributed by atoms with E-state index in [0.29, 0.717) is 5.92 Å². The van der Waals surface area contributed by atoms with E-state index in [0.717, 1.165) is 43.7 Å². The second-order valence-electron chi connectivity index (χ2n) is 5.89. The number of pyridine rings is 1. The molecule has 0 radical (unpaired) electrons. The number of hydrogen-bond donors (Lipinski definition) is 1. The first-order valence-corrected chi connectivity index (χ1v) is 7.97. The van der Waals surface area contributed by atoms with Crippen molar-refractivity contribution in [1.82, 2.24) is 19.9 Å². The van der Waals surface area contributed by atoms with Crippen LogP contribution in [0, 0.1) is 0 Å². The number of nitrogens with one attached hydrogen (secondary N) is 1. The van der Waals surface area contributed by atoms with Crippen LogP contribution in [0.2, 0.25) is 0 Å². The Morgan fingerprint density at radius 1 is 1.05 bits per heavy atom. The molecule has 0 atom stereocenters. The minimum absolute atomic E-state index is 0.539. The summed E-state index contributed by atoms with van der Waals surface area (Å²) in [6.45, 7) is 2.95. The molecule has 4 nitrogen and oxygen atoms in total. The zero-order chi connectivity index (χ0) is 14.8. The molecule has 0 unspecified atom stereocenters. The molecule has 3 heterocycles. The number of nitrogens with zero attached hydrogens (tertiary/aromatic N) is 3. The second-order valence-corrected chi connectivity index (χ2v) is 5.89. The maximum absolute atomic E-state index is 4.94. The number of imidazole rings is 1. The minimum Gasteiger partial charge on any atom is -0.322 e. The Hall–Kier alpha value is -2.20. The Labute approximate surface area is 130 Å². The van der Waals surface area contributed by atoms with Gasteiger partial charge in [0.2, 0.25) is 0 Å². The average molecular weight is 292 g/mol. The Bertz CT molecular complexity index is 757. The molecule has 1 saturated heterocycles. The molecule has 0 saturated carbocycles. The van der Waals surface area contributed by atoms with Crippen molar-refractivity contribution in [3.05, 3.63) is 60.2 Å². The molecule has 112 valence electrons. The predicted molar refractivity (Wildman–Crippen MR) is 87.9 cm³/mol. The van der Waals surface area contributed by atoms with Gasteiger partial charge >= 0.3 is 0 Å². The van der Waals surface area contributed by atoms with E-state index in [1.54, 1.807) is 0 Å². The fourth-order valence-electron chi connectivity index (χ4n) is 3.31. The van der Waals surface area contributed by atoms with Crippen molar-refractivity contribution < 1.29 is 0 Å². The fourth-order valence-corrected chi connectivity index (χ4v) is 3.31. The summed E-state index contributed by atoms with van der Waals surface area (Å²) in [6, 6.07) is 14.5. The largest absolute Gasteiger partial charge is 0.322 e. The lowest BCUT2D eigenvalue weighted by molar-refractivity contribution is 0.435. The number of hydrogen-bond acceptors (Lipinski definition) is 3. The summed E-state index contributed by atoms with van der Waals surface area (Å²) in [5.74, 6) is 1.76. The molecule has 3 aromatic rings. The van der Waals surface area contributed by atoms with Gasteiger partial charge in [0.1, 0.15) is 5.82 Å². The summed E-state index contributed by atoms with van der Waals surface area (Å²) in [5, 5.41) is 3.44. The van der Waals surface area contributed by atoms with Gasteiger partial charge in [-0.05, 0) is 50.2 Å². The third kappa shape index (κ3) is 2.50. The molecular weight excluding hydrogens is 272 g/mol. The van der Waals surface area contributed by atoms with Gasteiger partial charge in [-0.25, -0.2) is 4.98 Å². The van der Waals surface area contributed by atoms with Crippen molar-refractivity contribution in [1.29, 1.82) is 0 Å². The van der Waals surface area contributed by atoms with E-state index in [4.69, 9.17) is 4.98 Å². The zero-order valence-corrected chi connectivity index (χ0v) is 12.6. The number of benzene rings is 1. The van der Waals surface area contributed by atoms with Gasteiger partial charge in [0.15, 0.2) is 0 Å². The maximum atomic E-state index is 4.94. The highest BCUT2D eigenvalue weighted by atomic mass is 15.1. The van der Waals surface area contributed by atoms with Crippen molar-refractivity contribution >= 4 is 11.0 Å². The normalized spacial score (nSPS) is 16.2. The van der Waals surface area contributed by atoms with E-state index >= 15 is 0 Å². The Balaban J connectivity index is 1.79. The Kier molecular flexibility index (Phi) is 3.60. The van der Waals surface area contributed by atoms with Crippen molar-refractivity contribution in [2.75, 3.05) is 13.1 Å². The van der Waals surface area contributed by atoms with Gasteiger partial charge in [-0.15, -0.1) is 0 Å². The highest BCUT2D eigenvalue weighted by molar-refractivity contribution is 5.76. The molecule has 1 N–H and O–H groups in total. The first-order valence-electron chi connectivity index (χ1n) is 7.97. The van der Waals surface area contributed by atoms with Crippen molar-refractivity contribution in [2.45, 2.75) is 25.3 Å². The lowest BCUT2D eigenvalue weighted by Crippen LogP contribution is -2.28. The lowest BCUT2D eigenvalue weighted by Gasteiger charge is -2.23. The molecule has 22 heavy (non-hydrogen) atoms. The molecule has 4 rings (SSSR count). The molecule has 0 aliphatic carbocycles. The fraction of sp³-hybridized carbons (Fsp3) is 0.333. The van der Waals surface area contributed by atoms with Crippen LogP contribution in [0.15, 0.2) is 48.7 Å². The van der Waals surface area contributed by atoms with Gasteiger partial charge in [0.05, 0.1) is 23.3 Å². The summed E-state index contributed by atoms with van der Waals surface area (Å²) >= 11 is 0. The van der Waals surface area contributed by atoms with Crippen LogP contribution in [0.1, 0.15) is 30.3 Å². The van der Waals surface area contributed by atoms with Crippen LogP contribution in [0.3, 0.4) is 0 Å². The van der Waals surface area contributed by atoms with Crippen LogP contribution in [0.5, 0.6) is 0 Å². The van der Waals surface area contributed by atoms with Crippen LogP contribution in [-0.4, -0.2) is 27.6 Å². The van der Waals surface area contributed by atoms with Gasteiger partial charge in [-0.3, -0.25) is 4.98 Å². The number of piperidine rings is 1. The van der Waals surface area contributed by atoms with Crippen LogP contribution in [0.4, 0.5) is 0 Å². The number of para-hydroxylation sites is 2. The average Bonchev–Trinajstić information content (AvgIpc) is 2.95. The topological polar surface area (TPSA) is 42.7 Å². The van der Waals surface area contributed by atoms with E-state index in [-0.39, 0.29) is 0 Å². The first kappa shape index (κ1) is 13.5. The number of aromatic nitrogens is 3. The summed E-state index contributed by atoms with van der Waals surface area (Å²) in [5.41, 5.74) is 3.38. The van der Waals surface area contributed by atoms with Gasteiger partial charge in [-0.1, -0.05) is 18.2 Å². The molecule has 2 aromatic heterocycles. The number of rotatable bonds is 3. The second kappa shape index (κ2) is 5.89. The molecule has 1 aromatic carbocycles. The highest BCUT2D eigenvalue weighted by Gasteiger charge is 2.22. The summed E-state index contributed by atoms with van der Waals surface area (Å²) < 4.78 is 2.35. The Morgan fingerprint density at radius 3 is 2.68 bits per heavy atom. The highest BCUT2D eigenvalue weighted by Crippen LogP contribution is 2.28. The molecule has 0 bridgehead atoms. The monoisotopic (exact) mass is 292 g/mol. The standard InChI is InChI=1S/C18H20N4/c1-2-7-17-16(6-1)21-18(14-8-11-19-12-9-14)22(17)13-15-5-3-4-10-20-15/h1-7,10,14,19H,8-9,11-13H2. The van der Waals surface area contributed by atoms with E-state index in [1.807, 2.05) is 18.3 Å². The van der Waals surface area contributed by atoms with Crippen LogP contribution in [-0.2, 0) is 6.54 Å². The van der Waals surface area contributed by atoms with Gasteiger partial charge in [-0.2, -0.15) is 0 Å². The number of fused-ring (bicyclic) bond motifs is 1. The molecule has 0 amide bonds. The van der Waals surface area contributed by atoms with Crippen molar-refractivity contribution in [2.24, 2.45) is 0 Å². The van der Waals surface area contributed by atoms with Gasteiger partial charge in [0.25, 0.3) is 0 Å². The summed E-state index contributed by atoms with van der Waals surface area (Å²) in [7, 11) is 0. The van der Waals surface area contributed by atoms with E-state index in [2.05, 4.69) is 45.2 Å². The van der Waals surface area contributed by atoms with Crippen molar-refractivity contribution in [3.8, 4) is 0 Å². The third-order valence-corrected chi connectivity index (χ3v) is 4.43. The maximum Gasteiger partial charge on any atom is 0.113 e. The summed E-state index contributed by atoms with van der Waals surface area (Å²) in [6.07, 6.45) is 4.18. The minimum atomic E-state index is 0.539. The van der Waals surface area contributed by atoms with Crippen LogP contribution >= 0.6 is 0 Å². The molecular formula is C18H20N4. The van der Waals surface area contributed by atoms with E-state index < -0.39 is 0 Å². The lowest BCUT2D eigenvalue weighted by atomic mass is 9.97. The van der Waals surface area contributed by atoms with Crippen LogP contribution < -0.4 is 5.32 Å². The quantitative estimate of drug-likeness (QED) is 0.807. The van der Waals surface area contributed by atoms with E-state index in [1.165, 1.54) is 11.3 Å². The third-order valence-electron chi connectivity index (χ3n) is 4.43. The SMILES string of the molecule is c1ccc(Cn2c(C3CCNCC3)nc3ccccc32)nc1. The van der Waals surface area contributed by atoms with Crippen molar-refractivity contribution in [3.63, 3.8) is 0 Å². The van der Waals surface area contributed by atoms with Crippen LogP contribution in [0.25, 0.3) is 11.0 Å². The first-order chi connectivity index (χ1) is 10.9. The van der Waals surface area contributed by atoms with Gasteiger partial charge in [0, 0.05) is 12.1 Å². The van der Waals surface area contributed by atoms with Gasteiger partial charge < -0.3 is 9.88 Å². The molecule has 1 aliphatic heterocycles.